The summed E-state index contributed by atoms with van der Waals surface area (Å²) in [6.45, 7) is 7.88. The SMILES string of the molecule is CCOC(=O)CNC(=O)CN1CCC(c2nnc(C(C)C)o2)CC1. The lowest BCUT2D eigenvalue weighted by atomic mass is 9.97. The second-order valence-corrected chi connectivity index (χ2v) is 6.27. The fourth-order valence-corrected chi connectivity index (χ4v) is 2.62. The highest BCUT2D eigenvalue weighted by atomic mass is 16.5. The number of hydrogen-bond donors (Lipinski definition) is 1. The van der Waals surface area contributed by atoms with Gasteiger partial charge >= 0.3 is 5.97 Å². The quantitative estimate of drug-likeness (QED) is 0.742. The van der Waals surface area contributed by atoms with Crippen LogP contribution in [0.4, 0.5) is 0 Å². The van der Waals surface area contributed by atoms with Gasteiger partial charge in [-0.05, 0) is 32.9 Å². The molecule has 1 aliphatic rings. The van der Waals surface area contributed by atoms with Crippen molar-refractivity contribution >= 4 is 11.9 Å². The van der Waals surface area contributed by atoms with Crippen LogP contribution in [-0.2, 0) is 14.3 Å². The molecule has 0 spiro atoms. The predicted octanol–water partition coefficient (Wildman–Crippen LogP) is 1.05. The Morgan fingerprint density at radius 1 is 1.33 bits per heavy atom. The third-order valence-electron chi connectivity index (χ3n) is 3.99. The van der Waals surface area contributed by atoms with Gasteiger partial charge in [-0.1, -0.05) is 13.8 Å². The minimum atomic E-state index is -0.415. The molecular formula is C16H26N4O4. The Labute approximate surface area is 141 Å². The van der Waals surface area contributed by atoms with Crippen LogP contribution in [0.15, 0.2) is 4.42 Å². The van der Waals surface area contributed by atoms with E-state index < -0.39 is 5.97 Å². The Bertz CT molecular complexity index is 550. The molecule has 134 valence electrons. The van der Waals surface area contributed by atoms with E-state index in [4.69, 9.17) is 9.15 Å². The lowest BCUT2D eigenvalue weighted by molar-refractivity contribution is -0.143. The number of aromatic nitrogens is 2. The third kappa shape index (κ3) is 5.30. The summed E-state index contributed by atoms with van der Waals surface area (Å²) in [4.78, 5) is 25.1. The van der Waals surface area contributed by atoms with Gasteiger partial charge in [0, 0.05) is 11.8 Å². The molecule has 1 amide bonds. The first-order chi connectivity index (χ1) is 11.5. The minimum absolute atomic E-state index is 0.0803. The van der Waals surface area contributed by atoms with Crippen LogP contribution in [0.5, 0.6) is 0 Å². The molecule has 0 atom stereocenters. The predicted molar refractivity (Wildman–Crippen MR) is 86.4 cm³/mol. The van der Waals surface area contributed by atoms with Crippen molar-refractivity contribution in [1.82, 2.24) is 20.4 Å². The van der Waals surface area contributed by atoms with Crippen molar-refractivity contribution in [2.45, 2.75) is 45.4 Å². The van der Waals surface area contributed by atoms with E-state index in [1.807, 2.05) is 13.8 Å². The summed E-state index contributed by atoms with van der Waals surface area (Å²) in [6.07, 6.45) is 1.76. The molecule has 2 heterocycles. The Balaban J connectivity index is 1.72. The molecular weight excluding hydrogens is 312 g/mol. The average Bonchev–Trinajstić information content (AvgIpc) is 3.04. The van der Waals surface area contributed by atoms with Crippen LogP contribution in [0, 0.1) is 0 Å². The normalized spacial score (nSPS) is 16.3. The maximum atomic E-state index is 11.8. The third-order valence-corrected chi connectivity index (χ3v) is 3.99. The van der Waals surface area contributed by atoms with Crippen LogP contribution in [0.3, 0.4) is 0 Å². The average molecular weight is 338 g/mol. The van der Waals surface area contributed by atoms with Crippen LogP contribution in [-0.4, -0.2) is 59.8 Å². The number of carbonyl (C=O) groups is 2. The van der Waals surface area contributed by atoms with E-state index in [9.17, 15) is 9.59 Å². The van der Waals surface area contributed by atoms with E-state index in [1.54, 1.807) is 6.92 Å². The van der Waals surface area contributed by atoms with Crippen molar-refractivity contribution in [1.29, 1.82) is 0 Å². The molecule has 1 saturated heterocycles. The van der Waals surface area contributed by atoms with Gasteiger partial charge in [0.25, 0.3) is 0 Å². The second kappa shape index (κ2) is 8.77. The summed E-state index contributed by atoms with van der Waals surface area (Å²) >= 11 is 0. The monoisotopic (exact) mass is 338 g/mol. The van der Waals surface area contributed by atoms with Crippen molar-refractivity contribution in [3.8, 4) is 0 Å². The number of ether oxygens (including phenoxy) is 1. The van der Waals surface area contributed by atoms with Crippen molar-refractivity contribution in [2.24, 2.45) is 0 Å². The number of hydrogen-bond acceptors (Lipinski definition) is 7. The van der Waals surface area contributed by atoms with Gasteiger partial charge in [-0.15, -0.1) is 10.2 Å². The van der Waals surface area contributed by atoms with Crippen molar-refractivity contribution < 1.29 is 18.7 Å². The van der Waals surface area contributed by atoms with Gasteiger partial charge in [0.15, 0.2) is 0 Å². The van der Waals surface area contributed by atoms with Crippen LogP contribution < -0.4 is 5.32 Å². The second-order valence-electron chi connectivity index (χ2n) is 6.27. The van der Waals surface area contributed by atoms with Crippen LogP contribution in [0.2, 0.25) is 0 Å². The Kier molecular flexibility index (Phi) is 6.72. The molecule has 0 unspecified atom stereocenters. The molecule has 1 aromatic heterocycles. The molecule has 24 heavy (non-hydrogen) atoms. The summed E-state index contributed by atoms with van der Waals surface area (Å²) in [5, 5.41) is 10.8. The number of amides is 1. The van der Waals surface area contributed by atoms with Crippen LogP contribution in [0.25, 0.3) is 0 Å². The first kappa shape index (κ1) is 18.4. The molecule has 8 nitrogen and oxygen atoms in total. The minimum Gasteiger partial charge on any atom is -0.465 e. The molecule has 1 aliphatic heterocycles. The fourth-order valence-electron chi connectivity index (χ4n) is 2.62. The first-order valence-electron chi connectivity index (χ1n) is 8.47. The van der Waals surface area contributed by atoms with Crippen molar-refractivity contribution in [3.63, 3.8) is 0 Å². The zero-order valence-electron chi connectivity index (χ0n) is 14.6. The summed E-state index contributed by atoms with van der Waals surface area (Å²) in [6, 6.07) is 0. The summed E-state index contributed by atoms with van der Waals surface area (Å²) < 4.78 is 10.5. The standard InChI is InChI=1S/C16H26N4O4/c1-4-23-14(22)9-17-13(21)10-20-7-5-12(6-8-20)16-19-18-15(24-16)11(2)3/h11-12H,4-10H2,1-3H3,(H,17,21). The molecule has 1 N–H and O–H groups in total. The summed E-state index contributed by atoms with van der Waals surface area (Å²) in [7, 11) is 0. The molecule has 0 bridgehead atoms. The van der Waals surface area contributed by atoms with Crippen molar-refractivity contribution in [2.75, 3.05) is 32.8 Å². The Morgan fingerprint density at radius 3 is 2.62 bits per heavy atom. The van der Waals surface area contributed by atoms with Gasteiger partial charge in [0.05, 0.1) is 13.2 Å². The van der Waals surface area contributed by atoms with E-state index >= 15 is 0 Å². The van der Waals surface area contributed by atoms with Gasteiger partial charge in [-0.2, -0.15) is 0 Å². The van der Waals surface area contributed by atoms with Gasteiger partial charge < -0.3 is 14.5 Å². The van der Waals surface area contributed by atoms with Crippen molar-refractivity contribution in [3.05, 3.63) is 11.8 Å². The lowest BCUT2D eigenvalue weighted by Gasteiger charge is -2.29. The molecule has 1 aromatic rings. The number of nitrogens with zero attached hydrogens (tertiary/aromatic N) is 3. The van der Waals surface area contributed by atoms with E-state index in [0.29, 0.717) is 18.4 Å². The highest BCUT2D eigenvalue weighted by Gasteiger charge is 2.26. The Morgan fingerprint density at radius 2 is 2.04 bits per heavy atom. The molecule has 1 fully saturated rings. The topological polar surface area (TPSA) is 97.6 Å². The largest absolute Gasteiger partial charge is 0.465 e. The number of rotatable bonds is 7. The van der Waals surface area contributed by atoms with E-state index in [-0.39, 0.29) is 30.8 Å². The number of esters is 1. The summed E-state index contributed by atoms with van der Waals surface area (Å²) in [5.74, 6) is 1.28. The molecule has 0 saturated carbocycles. The zero-order chi connectivity index (χ0) is 17.5. The van der Waals surface area contributed by atoms with Gasteiger partial charge in [0.2, 0.25) is 17.7 Å². The fraction of sp³-hybridized carbons (Fsp3) is 0.750. The maximum absolute atomic E-state index is 11.8. The molecule has 2 rings (SSSR count). The molecule has 0 aromatic carbocycles. The Hall–Kier alpha value is -1.96. The maximum Gasteiger partial charge on any atom is 0.325 e. The van der Waals surface area contributed by atoms with E-state index in [0.717, 1.165) is 25.9 Å². The van der Waals surface area contributed by atoms with Gasteiger partial charge in [-0.25, -0.2) is 0 Å². The zero-order valence-corrected chi connectivity index (χ0v) is 14.6. The smallest absolute Gasteiger partial charge is 0.325 e. The van der Waals surface area contributed by atoms with E-state index in [2.05, 4.69) is 20.4 Å². The van der Waals surface area contributed by atoms with Gasteiger partial charge in [-0.3, -0.25) is 14.5 Å². The molecule has 8 heteroatoms. The number of carbonyl (C=O) groups excluding carboxylic acids is 2. The van der Waals surface area contributed by atoms with Gasteiger partial charge in [0.1, 0.15) is 6.54 Å². The number of nitrogens with one attached hydrogen (secondary N) is 1. The highest BCUT2D eigenvalue weighted by molar-refractivity contribution is 5.83. The highest BCUT2D eigenvalue weighted by Crippen LogP contribution is 2.28. The molecule has 0 aliphatic carbocycles. The van der Waals surface area contributed by atoms with Crippen LogP contribution >= 0.6 is 0 Å². The first-order valence-corrected chi connectivity index (χ1v) is 8.47. The van der Waals surface area contributed by atoms with E-state index in [1.165, 1.54) is 0 Å². The van der Waals surface area contributed by atoms with Crippen LogP contribution in [0.1, 0.15) is 57.2 Å². The molecule has 0 radical (unpaired) electrons. The number of piperidine rings is 1. The summed E-state index contributed by atoms with van der Waals surface area (Å²) in [5.41, 5.74) is 0. The number of likely N-dealkylation sites (tertiary alicyclic amines) is 1. The lowest BCUT2D eigenvalue weighted by Crippen LogP contribution is -2.42.